The Balaban J connectivity index is 1.76. The Morgan fingerprint density at radius 3 is 3.10 bits per heavy atom. The van der Waals surface area contributed by atoms with Gasteiger partial charge in [-0.25, -0.2) is 0 Å². The van der Waals surface area contributed by atoms with Crippen LogP contribution in [-0.2, 0) is 6.54 Å². The number of rotatable bonds is 3. The van der Waals surface area contributed by atoms with E-state index in [1.54, 1.807) is 0 Å². The maximum Gasteiger partial charge on any atom is 0.125 e. The fourth-order valence-electron chi connectivity index (χ4n) is 2.68. The molecule has 0 radical (unpaired) electrons. The quantitative estimate of drug-likeness (QED) is 0.906. The van der Waals surface area contributed by atoms with E-state index in [0.29, 0.717) is 6.04 Å². The lowest BCUT2D eigenvalue weighted by Crippen LogP contribution is -2.21. The molecule has 2 aromatic rings. The van der Waals surface area contributed by atoms with E-state index >= 15 is 0 Å². The molecule has 0 amide bonds. The van der Waals surface area contributed by atoms with Gasteiger partial charge < -0.3 is 10.1 Å². The highest BCUT2D eigenvalue weighted by Gasteiger charge is 2.19. The van der Waals surface area contributed by atoms with Gasteiger partial charge in [0.05, 0.1) is 12.3 Å². The van der Waals surface area contributed by atoms with Crippen molar-refractivity contribution in [3.63, 3.8) is 0 Å². The highest BCUT2D eigenvalue weighted by molar-refractivity contribution is 9.10. The Kier molecular flexibility index (Phi) is 4.56. The molecule has 0 bridgehead atoms. The smallest absolute Gasteiger partial charge is 0.125 e. The maximum absolute atomic E-state index is 5.85. The molecule has 1 aromatic carbocycles. The summed E-state index contributed by atoms with van der Waals surface area (Å²) in [6, 6.07) is 12.7. The first-order chi connectivity index (χ1) is 10.2. The fourth-order valence-corrected chi connectivity index (χ4v) is 3.02. The van der Waals surface area contributed by atoms with Gasteiger partial charge in [0.1, 0.15) is 5.75 Å². The third-order valence-electron chi connectivity index (χ3n) is 3.72. The molecular weight excluding hydrogens is 328 g/mol. The monoisotopic (exact) mass is 346 g/mol. The van der Waals surface area contributed by atoms with Crippen LogP contribution in [0.1, 0.15) is 35.8 Å². The normalized spacial score (nSPS) is 17.7. The molecule has 1 aromatic heterocycles. The van der Waals surface area contributed by atoms with Gasteiger partial charge in [0.2, 0.25) is 0 Å². The molecule has 4 heteroatoms. The first-order valence-electron chi connectivity index (χ1n) is 7.30. The number of ether oxygens (including phenoxy) is 1. The molecule has 110 valence electrons. The first-order valence-corrected chi connectivity index (χ1v) is 8.10. The number of nitrogens with one attached hydrogen (secondary N) is 1. The molecule has 1 atom stereocenters. The Morgan fingerprint density at radius 2 is 2.24 bits per heavy atom. The predicted molar refractivity (Wildman–Crippen MR) is 87.4 cm³/mol. The maximum atomic E-state index is 5.85. The van der Waals surface area contributed by atoms with Gasteiger partial charge in [0.15, 0.2) is 0 Å². The van der Waals surface area contributed by atoms with E-state index in [2.05, 4.69) is 56.6 Å². The second kappa shape index (κ2) is 6.58. The molecule has 0 spiro atoms. The van der Waals surface area contributed by atoms with E-state index in [4.69, 9.17) is 4.74 Å². The summed E-state index contributed by atoms with van der Waals surface area (Å²) in [5.74, 6) is 0.983. The summed E-state index contributed by atoms with van der Waals surface area (Å²) in [6.45, 7) is 3.59. The second-order valence-electron chi connectivity index (χ2n) is 5.38. The van der Waals surface area contributed by atoms with E-state index < -0.39 is 0 Å². The number of aryl methyl sites for hydroxylation is 1. The van der Waals surface area contributed by atoms with Crippen LogP contribution < -0.4 is 10.1 Å². The molecule has 3 rings (SSSR count). The minimum absolute atomic E-state index is 0.318. The van der Waals surface area contributed by atoms with Crippen molar-refractivity contribution in [2.24, 2.45) is 0 Å². The van der Waals surface area contributed by atoms with Gasteiger partial charge in [0.25, 0.3) is 0 Å². The molecule has 0 saturated heterocycles. The van der Waals surface area contributed by atoms with Gasteiger partial charge in [-0.15, -0.1) is 0 Å². The molecule has 1 aliphatic heterocycles. The number of nitrogens with zero attached hydrogens (tertiary/aromatic N) is 1. The lowest BCUT2D eigenvalue weighted by molar-refractivity contribution is 0.315. The van der Waals surface area contributed by atoms with Crippen LogP contribution in [0.2, 0.25) is 0 Å². The van der Waals surface area contributed by atoms with Crippen LogP contribution in [0.4, 0.5) is 0 Å². The largest absolute Gasteiger partial charge is 0.493 e. The van der Waals surface area contributed by atoms with Crippen molar-refractivity contribution >= 4 is 15.9 Å². The SMILES string of the molecule is Cc1cccc(CNC2CCCOc3cc(Br)ccc32)n1. The Hall–Kier alpha value is -1.39. The van der Waals surface area contributed by atoms with Crippen LogP contribution in [0.15, 0.2) is 40.9 Å². The summed E-state index contributed by atoms with van der Waals surface area (Å²) in [7, 11) is 0. The minimum atomic E-state index is 0.318. The summed E-state index contributed by atoms with van der Waals surface area (Å²) in [6.07, 6.45) is 2.14. The molecule has 1 aliphatic rings. The summed E-state index contributed by atoms with van der Waals surface area (Å²) in [5.41, 5.74) is 3.38. The topological polar surface area (TPSA) is 34.1 Å². The Bertz CT molecular complexity index is 630. The zero-order chi connectivity index (χ0) is 14.7. The number of hydrogen-bond acceptors (Lipinski definition) is 3. The summed E-state index contributed by atoms with van der Waals surface area (Å²) >= 11 is 3.51. The van der Waals surface area contributed by atoms with Gasteiger partial charge in [-0.2, -0.15) is 0 Å². The van der Waals surface area contributed by atoms with Crippen molar-refractivity contribution in [3.05, 3.63) is 57.8 Å². The van der Waals surface area contributed by atoms with Crippen molar-refractivity contribution < 1.29 is 4.74 Å². The van der Waals surface area contributed by atoms with Gasteiger partial charge in [-0.05, 0) is 44.0 Å². The highest BCUT2D eigenvalue weighted by atomic mass is 79.9. The van der Waals surface area contributed by atoms with Crippen LogP contribution >= 0.6 is 15.9 Å². The van der Waals surface area contributed by atoms with E-state index in [1.807, 2.05) is 13.0 Å². The number of hydrogen-bond donors (Lipinski definition) is 1. The zero-order valence-electron chi connectivity index (χ0n) is 12.1. The third-order valence-corrected chi connectivity index (χ3v) is 4.21. The molecule has 2 heterocycles. The average Bonchev–Trinajstić information content (AvgIpc) is 2.67. The third kappa shape index (κ3) is 3.63. The van der Waals surface area contributed by atoms with Crippen molar-refractivity contribution in [3.8, 4) is 5.75 Å². The summed E-state index contributed by atoms with van der Waals surface area (Å²) < 4.78 is 6.90. The van der Waals surface area contributed by atoms with Gasteiger partial charge in [-0.1, -0.05) is 28.1 Å². The van der Waals surface area contributed by atoms with Crippen molar-refractivity contribution in [2.75, 3.05) is 6.61 Å². The van der Waals surface area contributed by atoms with Gasteiger partial charge in [-0.3, -0.25) is 4.98 Å². The standard InChI is InChI=1S/C17H19BrN2O/c1-12-4-2-5-14(20-12)11-19-16-6-3-9-21-17-10-13(18)7-8-15(16)17/h2,4-5,7-8,10,16,19H,3,6,9,11H2,1H3. The number of pyridine rings is 1. The molecule has 21 heavy (non-hydrogen) atoms. The number of benzene rings is 1. The van der Waals surface area contributed by atoms with Crippen LogP contribution in [0.3, 0.4) is 0 Å². The number of halogens is 1. The Labute approximate surface area is 133 Å². The Morgan fingerprint density at radius 1 is 1.33 bits per heavy atom. The lowest BCUT2D eigenvalue weighted by atomic mass is 10.0. The second-order valence-corrected chi connectivity index (χ2v) is 6.29. The van der Waals surface area contributed by atoms with E-state index in [9.17, 15) is 0 Å². The highest BCUT2D eigenvalue weighted by Crippen LogP contribution is 2.33. The summed E-state index contributed by atoms with van der Waals surface area (Å²) in [4.78, 5) is 4.55. The van der Waals surface area contributed by atoms with E-state index in [0.717, 1.165) is 47.6 Å². The van der Waals surface area contributed by atoms with Crippen LogP contribution in [0, 0.1) is 6.92 Å². The van der Waals surface area contributed by atoms with Crippen molar-refractivity contribution in [1.29, 1.82) is 0 Å². The van der Waals surface area contributed by atoms with Crippen LogP contribution in [0.25, 0.3) is 0 Å². The molecule has 0 aliphatic carbocycles. The fraction of sp³-hybridized carbons (Fsp3) is 0.353. The van der Waals surface area contributed by atoms with Crippen LogP contribution in [0.5, 0.6) is 5.75 Å². The zero-order valence-corrected chi connectivity index (χ0v) is 13.7. The molecule has 0 fully saturated rings. The van der Waals surface area contributed by atoms with Crippen molar-refractivity contribution in [2.45, 2.75) is 32.4 Å². The molecule has 1 unspecified atom stereocenters. The predicted octanol–water partition coefficient (Wildman–Crippen LogP) is 4.16. The summed E-state index contributed by atoms with van der Waals surface area (Å²) in [5, 5.41) is 3.62. The molecular formula is C17H19BrN2O. The van der Waals surface area contributed by atoms with Crippen molar-refractivity contribution in [1.82, 2.24) is 10.3 Å². The molecule has 1 N–H and O–H groups in total. The van der Waals surface area contributed by atoms with Gasteiger partial charge in [0, 0.05) is 28.3 Å². The lowest BCUT2D eigenvalue weighted by Gasteiger charge is -2.18. The van der Waals surface area contributed by atoms with Gasteiger partial charge >= 0.3 is 0 Å². The van der Waals surface area contributed by atoms with E-state index in [-0.39, 0.29) is 0 Å². The minimum Gasteiger partial charge on any atom is -0.493 e. The molecule has 3 nitrogen and oxygen atoms in total. The number of aromatic nitrogens is 1. The van der Waals surface area contributed by atoms with E-state index in [1.165, 1.54) is 5.56 Å². The number of fused-ring (bicyclic) bond motifs is 1. The average molecular weight is 347 g/mol. The van der Waals surface area contributed by atoms with Crippen LogP contribution in [-0.4, -0.2) is 11.6 Å². The first kappa shape index (κ1) is 14.5. The molecule has 0 saturated carbocycles.